The van der Waals surface area contributed by atoms with Crippen LogP contribution in [0.4, 0.5) is 0 Å². The summed E-state index contributed by atoms with van der Waals surface area (Å²) in [7, 11) is 0. The molecule has 146 valence electrons. The largest absolute Gasteiger partial charge is 0.462 e. The molecule has 4 heteroatoms. The SMILES string of the molecule is C[C@@]1(c2ccncc2)Oc2ccccc2[C@H]2CC(c3ccc4ccccc4c3)=NN21. The highest BCUT2D eigenvalue weighted by Gasteiger charge is 2.48. The standard InChI is InChI=1S/C26H21N3O/c1-26(21-12-14-27-15-13-21)29-24(22-8-4-5-9-25(22)30-26)17-23(28-29)20-11-10-18-6-2-3-7-19(18)16-20/h2-16,24H,17H2,1H3/t24-,26+/m1/s1. The molecule has 0 saturated carbocycles. The summed E-state index contributed by atoms with van der Waals surface area (Å²) in [5, 5.41) is 9.73. The molecule has 0 amide bonds. The van der Waals surface area contributed by atoms with Crippen LogP contribution in [0, 0.1) is 0 Å². The molecule has 4 nitrogen and oxygen atoms in total. The van der Waals surface area contributed by atoms with Crippen molar-refractivity contribution in [3.05, 3.63) is 108 Å². The van der Waals surface area contributed by atoms with Crippen molar-refractivity contribution < 1.29 is 4.74 Å². The molecule has 2 atom stereocenters. The summed E-state index contributed by atoms with van der Waals surface area (Å²) in [6, 6.07) is 27.5. The summed E-state index contributed by atoms with van der Waals surface area (Å²) >= 11 is 0. The molecule has 0 spiro atoms. The van der Waals surface area contributed by atoms with E-state index in [1.165, 1.54) is 16.3 Å². The predicted octanol–water partition coefficient (Wildman–Crippen LogP) is 5.65. The highest BCUT2D eigenvalue weighted by molar-refractivity contribution is 6.04. The van der Waals surface area contributed by atoms with Gasteiger partial charge >= 0.3 is 0 Å². The average molecular weight is 391 g/mol. The molecule has 0 radical (unpaired) electrons. The van der Waals surface area contributed by atoms with Crippen LogP contribution in [0.5, 0.6) is 5.75 Å². The van der Waals surface area contributed by atoms with Gasteiger partial charge in [-0.2, -0.15) is 5.10 Å². The number of benzene rings is 3. The van der Waals surface area contributed by atoms with Crippen molar-refractivity contribution in [3.63, 3.8) is 0 Å². The minimum Gasteiger partial charge on any atom is -0.462 e. The van der Waals surface area contributed by atoms with Crippen molar-refractivity contribution in [1.29, 1.82) is 0 Å². The second-order valence-electron chi connectivity index (χ2n) is 8.03. The lowest BCUT2D eigenvalue weighted by Gasteiger charge is -2.45. The molecule has 0 N–H and O–H groups in total. The van der Waals surface area contributed by atoms with E-state index in [9.17, 15) is 0 Å². The van der Waals surface area contributed by atoms with E-state index in [1.807, 2.05) is 30.6 Å². The molecule has 2 aliphatic heterocycles. The molecule has 0 bridgehead atoms. The Morgan fingerprint density at radius 2 is 1.67 bits per heavy atom. The normalized spacial score (nSPS) is 22.2. The van der Waals surface area contributed by atoms with Crippen molar-refractivity contribution in [3.8, 4) is 5.75 Å². The molecule has 30 heavy (non-hydrogen) atoms. The first-order chi connectivity index (χ1) is 14.7. The minimum atomic E-state index is -0.694. The lowest BCUT2D eigenvalue weighted by molar-refractivity contribution is -0.112. The van der Waals surface area contributed by atoms with Crippen LogP contribution < -0.4 is 4.74 Å². The fraction of sp³-hybridized carbons (Fsp3) is 0.154. The van der Waals surface area contributed by atoms with E-state index >= 15 is 0 Å². The highest BCUT2D eigenvalue weighted by atomic mass is 16.5. The average Bonchev–Trinajstić information content (AvgIpc) is 3.26. The first kappa shape index (κ1) is 17.2. The van der Waals surface area contributed by atoms with Gasteiger partial charge in [0.2, 0.25) is 5.72 Å². The van der Waals surface area contributed by atoms with Gasteiger partial charge in [0.1, 0.15) is 5.75 Å². The van der Waals surface area contributed by atoms with Crippen molar-refractivity contribution in [1.82, 2.24) is 9.99 Å². The molecule has 6 rings (SSSR count). The van der Waals surface area contributed by atoms with Gasteiger partial charge < -0.3 is 4.74 Å². The third kappa shape index (κ3) is 2.53. The summed E-state index contributed by atoms with van der Waals surface area (Å²) in [5.41, 5.74) is 3.79. The number of nitrogens with zero attached hydrogens (tertiary/aromatic N) is 3. The van der Waals surface area contributed by atoms with E-state index < -0.39 is 5.72 Å². The number of hydrogen-bond acceptors (Lipinski definition) is 4. The monoisotopic (exact) mass is 391 g/mol. The zero-order chi connectivity index (χ0) is 20.1. The van der Waals surface area contributed by atoms with E-state index in [4.69, 9.17) is 9.84 Å². The fourth-order valence-electron chi connectivity index (χ4n) is 4.65. The number of ether oxygens (including phenoxy) is 1. The van der Waals surface area contributed by atoms with Crippen LogP contribution in [0.1, 0.15) is 36.1 Å². The Morgan fingerprint density at radius 3 is 2.53 bits per heavy atom. The van der Waals surface area contributed by atoms with Gasteiger partial charge in [-0.15, -0.1) is 0 Å². The third-order valence-corrected chi connectivity index (χ3v) is 6.23. The van der Waals surface area contributed by atoms with E-state index in [0.29, 0.717) is 0 Å². The van der Waals surface area contributed by atoms with Crippen molar-refractivity contribution in [2.45, 2.75) is 25.1 Å². The molecular weight excluding hydrogens is 370 g/mol. The smallest absolute Gasteiger partial charge is 0.221 e. The molecule has 3 aromatic carbocycles. The number of aromatic nitrogens is 1. The van der Waals surface area contributed by atoms with Gasteiger partial charge in [-0.3, -0.25) is 4.98 Å². The zero-order valence-electron chi connectivity index (χ0n) is 16.7. The van der Waals surface area contributed by atoms with Gasteiger partial charge in [0, 0.05) is 36.9 Å². The Bertz CT molecular complexity index is 1280. The Hall–Kier alpha value is -3.66. The Balaban J connectivity index is 1.49. The highest BCUT2D eigenvalue weighted by Crippen LogP contribution is 2.50. The second-order valence-corrected chi connectivity index (χ2v) is 8.03. The quantitative estimate of drug-likeness (QED) is 0.443. The summed E-state index contributed by atoms with van der Waals surface area (Å²) < 4.78 is 6.56. The number of para-hydroxylation sites is 1. The number of rotatable bonds is 2. The first-order valence-corrected chi connectivity index (χ1v) is 10.3. The van der Waals surface area contributed by atoms with Crippen molar-refractivity contribution in [2.24, 2.45) is 5.10 Å². The molecule has 4 aromatic rings. The lowest BCUT2D eigenvalue weighted by atomic mass is 9.92. The summed E-state index contributed by atoms with van der Waals surface area (Å²) in [6.45, 7) is 2.10. The molecule has 0 saturated heterocycles. The Kier molecular flexibility index (Phi) is 3.69. The molecular formula is C26H21N3O. The molecule has 1 aromatic heterocycles. The first-order valence-electron chi connectivity index (χ1n) is 10.3. The van der Waals surface area contributed by atoms with Gasteiger partial charge in [-0.05, 0) is 40.6 Å². The Morgan fingerprint density at radius 1 is 0.900 bits per heavy atom. The maximum atomic E-state index is 6.56. The van der Waals surface area contributed by atoms with Crippen LogP contribution in [0.15, 0.2) is 96.4 Å². The predicted molar refractivity (Wildman–Crippen MR) is 118 cm³/mol. The Labute approximate surface area is 175 Å². The zero-order valence-corrected chi connectivity index (χ0v) is 16.7. The van der Waals surface area contributed by atoms with Gasteiger partial charge in [0.05, 0.1) is 11.8 Å². The van der Waals surface area contributed by atoms with Crippen molar-refractivity contribution in [2.75, 3.05) is 0 Å². The van der Waals surface area contributed by atoms with E-state index in [2.05, 4.69) is 77.6 Å². The fourth-order valence-corrected chi connectivity index (χ4v) is 4.65. The van der Waals surface area contributed by atoms with Crippen LogP contribution in [-0.2, 0) is 5.72 Å². The number of fused-ring (bicyclic) bond motifs is 4. The van der Waals surface area contributed by atoms with Crippen molar-refractivity contribution >= 4 is 16.5 Å². The molecule has 0 aliphatic carbocycles. The van der Waals surface area contributed by atoms with Gasteiger partial charge in [0.15, 0.2) is 0 Å². The maximum absolute atomic E-state index is 6.56. The number of hydrazone groups is 1. The van der Waals surface area contributed by atoms with Gasteiger partial charge in [0.25, 0.3) is 0 Å². The minimum absolute atomic E-state index is 0.134. The van der Waals surface area contributed by atoms with Gasteiger partial charge in [-0.1, -0.05) is 54.6 Å². The molecule has 3 heterocycles. The maximum Gasteiger partial charge on any atom is 0.221 e. The topological polar surface area (TPSA) is 37.7 Å². The van der Waals surface area contributed by atoms with E-state index in [-0.39, 0.29) is 6.04 Å². The van der Waals surface area contributed by atoms with E-state index in [0.717, 1.165) is 29.0 Å². The molecule has 2 aliphatic rings. The van der Waals surface area contributed by atoms with Crippen LogP contribution in [0.3, 0.4) is 0 Å². The second kappa shape index (κ2) is 6.42. The van der Waals surface area contributed by atoms with E-state index in [1.54, 1.807) is 0 Å². The summed E-state index contributed by atoms with van der Waals surface area (Å²) in [4.78, 5) is 4.18. The van der Waals surface area contributed by atoms with Gasteiger partial charge in [-0.25, -0.2) is 5.01 Å². The van der Waals surface area contributed by atoms with Crippen LogP contribution in [-0.4, -0.2) is 15.7 Å². The van der Waals surface area contributed by atoms with Crippen LogP contribution in [0.25, 0.3) is 10.8 Å². The third-order valence-electron chi connectivity index (χ3n) is 6.23. The number of pyridine rings is 1. The van der Waals surface area contributed by atoms with Crippen LogP contribution in [0.2, 0.25) is 0 Å². The summed E-state index contributed by atoms with van der Waals surface area (Å²) in [6.07, 6.45) is 4.46. The summed E-state index contributed by atoms with van der Waals surface area (Å²) in [5.74, 6) is 0.924. The molecule has 0 unspecified atom stereocenters. The van der Waals surface area contributed by atoms with Crippen LogP contribution >= 0.6 is 0 Å². The number of hydrogen-bond donors (Lipinski definition) is 0. The molecule has 0 fully saturated rings. The lowest BCUT2D eigenvalue weighted by Crippen LogP contribution is -2.48.